The number of hydrogen-bond acceptors (Lipinski definition) is 3. The lowest BCUT2D eigenvalue weighted by molar-refractivity contribution is -0.117. The Morgan fingerprint density at radius 2 is 1.76 bits per heavy atom. The van der Waals surface area contributed by atoms with Gasteiger partial charge in [0.15, 0.2) is 0 Å². The van der Waals surface area contributed by atoms with Crippen LogP contribution in [0.5, 0.6) is 0 Å². The second-order valence-corrected chi connectivity index (χ2v) is 4.75. The summed E-state index contributed by atoms with van der Waals surface area (Å²) in [5.74, 6) is -1.73. The molecule has 0 heterocycles. The third-order valence-electron chi connectivity index (χ3n) is 2.93. The standard InChI is InChI=1S/C15H13ClN2O3/c16-10-7-4-8-11(12(10)15(20)21)18-14(19)13(17)9-5-2-1-3-6-9/h1-8,13H,17H2,(H,18,19)(H,20,21)/t13-/m0/s1. The minimum absolute atomic E-state index is 0.0496. The van der Waals surface area contributed by atoms with E-state index in [0.29, 0.717) is 5.56 Å². The maximum absolute atomic E-state index is 12.1. The summed E-state index contributed by atoms with van der Waals surface area (Å²) < 4.78 is 0. The Bertz CT molecular complexity index is 674. The largest absolute Gasteiger partial charge is 0.478 e. The van der Waals surface area contributed by atoms with Crippen LogP contribution in [0.2, 0.25) is 5.02 Å². The molecule has 2 aromatic rings. The molecule has 0 fully saturated rings. The van der Waals surface area contributed by atoms with Crippen LogP contribution in [0.3, 0.4) is 0 Å². The first-order chi connectivity index (χ1) is 10.0. The Morgan fingerprint density at radius 1 is 1.10 bits per heavy atom. The van der Waals surface area contributed by atoms with Crippen molar-refractivity contribution in [1.29, 1.82) is 0 Å². The molecule has 1 atom stereocenters. The van der Waals surface area contributed by atoms with Crippen molar-refractivity contribution in [3.8, 4) is 0 Å². The monoisotopic (exact) mass is 304 g/mol. The van der Waals surface area contributed by atoms with E-state index < -0.39 is 17.9 Å². The summed E-state index contributed by atoms with van der Waals surface area (Å²) in [4.78, 5) is 23.3. The van der Waals surface area contributed by atoms with Crippen LogP contribution in [0.4, 0.5) is 5.69 Å². The van der Waals surface area contributed by atoms with E-state index in [2.05, 4.69) is 5.32 Å². The summed E-state index contributed by atoms with van der Waals surface area (Å²) in [5.41, 5.74) is 6.45. The fourth-order valence-corrected chi connectivity index (χ4v) is 2.12. The first-order valence-corrected chi connectivity index (χ1v) is 6.51. The van der Waals surface area contributed by atoms with Gasteiger partial charge < -0.3 is 16.2 Å². The SMILES string of the molecule is N[C@H](C(=O)Nc1cccc(Cl)c1C(=O)O)c1ccccc1. The molecule has 0 saturated heterocycles. The number of aromatic carboxylic acids is 1. The third kappa shape index (κ3) is 3.39. The smallest absolute Gasteiger partial charge is 0.339 e. The molecular weight excluding hydrogens is 292 g/mol. The lowest BCUT2D eigenvalue weighted by Crippen LogP contribution is -2.28. The summed E-state index contributed by atoms with van der Waals surface area (Å²) in [5, 5.41) is 11.7. The summed E-state index contributed by atoms with van der Waals surface area (Å²) >= 11 is 5.84. The highest BCUT2D eigenvalue weighted by Crippen LogP contribution is 2.25. The van der Waals surface area contributed by atoms with Gasteiger partial charge in [0, 0.05) is 0 Å². The number of carboxylic acid groups (broad SMARTS) is 1. The molecule has 0 aliphatic carbocycles. The van der Waals surface area contributed by atoms with Crippen molar-refractivity contribution in [2.75, 3.05) is 5.32 Å². The van der Waals surface area contributed by atoms with Crippen molar-refractivity contribution in [2.24, 2.45) is 5.73 Å². The number of halogens is 1. The summed E-state index contributed by atoms with van der Waals surface area (Å²) in [6.07, 6.45) is 0. The van der Waals surface area contributed by atoms with Crippen molar-refractivity contribution in [2.45, 2.75) is 6.04 Å². The zero-order valence-electron chi connectivity index (χ0n) is 10.9. The predicted octanol–water partition coefficient (Wildman–Crippen LogP) is 2.68. The highest BCUT2D eigenvalue weighted by Gasteiger charge is 2.20. The molecule has 4 N–H and O–H groups in total. The topological polar surface area (TPSA) is 92.4 Å². The van der Waals surface area contributed by atoms with Crippen molar-refractivity contribution >= 4 is 29.2 Å². The number of benzene rings is 2. The van der Waals surface area contributed by atoms with Crippen molar-refractivity contribution in [1.82, 2.24) is 0 Å². The number of carbonyl (C=O) groups is 2. The Kier molecular flexibility index (Phi) is 4.57. The number of amides is 1. The van der Waals surface area contributed by atoms with E-state index in [0.717, 1.165) is 0 Å². The van der Waals surface area contributed by atoms with Gasteiger partial charge in [-0.15, -0.1) is 0 Å². The second kappa shape index (κ2) is 6.39. The summed E-state index contributed by atoms with van der Waals surface area (Å²) in [7, 11) is 0. The number of carboxylic acids is 1. The number of carbonyl (C=O) groups excluding carboxylic acids is 1. The number of rotatable bonds is 4. The van der Waals surface area contributed by atoms with Crippen LogP contribution in [0.1, 0.15) is 22.0 Å². The van der Waals surface area contributed by atoms with E-state index in [-0.39, 0.29) is 16.3 Å². The minimum Gasteiger partial charge on any atom is -0.478 e. The summed E-state index contributed by atoms with van der Waals surface area (Å²) in [6, 6.07) is 12.4. The molecule has 1 amide bonds. The van der Waals surface area contributed by atoms with E-state index in [1.807, 2.05) is 6.07 Å². The number of nitrogens with two attached hydrogens (primary N) is 1. The van der Waals surface area contributed by atoms with Crippen LogP contribution in [0.15, 0.2) is 48.5 Å². The molecule has 0 radical (unpaired) electrons. The van der Waals surface area contributed by atoms with Gasteiger partial charge in [-0.3, -0.25) is 4.79 Å². The average Bonchev–Trinajstić information content (AvgIpc) is 2.47. The van der Waals surface area contributed by atoms with Crippen molar-refractivity contribution in [3.63, 3.8) is 0 Å². The zero-order chi connectivity index (χ0) is 15.4. The highest BCUT2D eigenvalue weighted by molar-refractivity contribution is 6.34. The van der Waals surface area contributed by atoms with Crippen LogP contribution in [0.25, 0.3) is 0 Å². The van der Waals surface area contributed by atoms with Gasteiger partial charge in [0.2, 0.25) is 5.91 Å². The van der Waals surface area contributed by atoms with E-state index >= 15 is 0 Å². The van der Waals surface area contributed by atoms with Crippen LogP contribution in [-0.4, -0.2) is 17.0 Å². The quantitative estimate of drug-likeness (QED) is 0.809. The van der Waals surface area contributed by atoms with E-state index in [1.165, 1.54) is 12.1 Å². The normalized spacial score (nSPS) is 11.7. The fourth-order valence-electron chi connectivity index (χ4n) is 1.87. The maximum atomic E-state index is 12.1. The molecular formula is C15H13ClN2O3. The molecule has 0 aliphatic heterocycles. The van der Waals surface area contributed by atoms with E-state index in [9.17, 15) is 9.59 Å². The summed E-state index contributed by atoms with van der Waals surface area (Å²) in [6.45, 7) is 0. The number of nitrogens with one attached hydrogen (secondary N) is 1. The molecule has 6 heteroatoms. The molecule has 0 bridgehead atoms. The van der Waals surface area contributed by atoms with Crippen LogP contribution in [0, 0.1) is 0 Å². The number of anilines is 1. The first kappa shape index (κ1) is 15.0. The van der Waals surface area contributed by atoms with Gasteiger partial charge in [-0.05, 0) is 17.7 Å². The molecule has 5 nitrogen and oxygen atoms in total. The van der Waals surface area contributed by atoms with Crippen molar-refractivity contribution < 1.29 is 14.7 Å². The lowest BCUT2D eigenvalue weighted by atomic mass is 10.1. The van der Waals surface area contributed by atoms with Crippen LogP contribution < -0.4 is 11.1 Å². The predicted molar refractivity (Wildman–Crippen MR) is 80.4 cm³/mol. The van der Waals surface area contributed by atoms with Gasteiger partial charge in [0.25, 0.3) is 0 Å². The molecule has 2 rings (SSSR count). The Balaban J connectivity index is 2.25. The van der Waals surface area contributed by atoms with Crippen molar-refractivity contribution in [3.05, 3.63) is 64.7 Å². The molecule has 0 aliphatic rings. The van der Waals surface area contributed by atoms with Crippen LogP contribution >= 0.6 is 11.6 Å². The molecule has 0 saturated carbocycles. The number of hydrogen-bond donors (Lipinski definition) is 3. The zero-order valence-corrected chi connectivity index (χ0v) is 11.7. The Hall–Kier alpha value is -2.37. The second-order valence-electron chi connectivity index (χ2n) is 4.35. The van der Waals surface area contributed by atoms with Gasteiger partial charge in [-0.1, -0.05) is 48.0 Å². The van der Waals surface area contributed by atoms with E-state index in [4.69, 9.17) is 22.4 Å². The van der Waals surface area contributed by atoms with Gasteiger partial charge >= 0.3 is 5.97 Å². The van der Waals surface area contributed by atoms with Gasteiger partial charge in [0.1, 0.15) is 11.6 Å². The highest BCUT2D eigenvalue weighted by atomic mass is 35.5. The Morgan fingerprint density at radius 3 is 2.38 bits per heavy atom. The van der Waals surface area contributed by atoms with Crippen LogP contribution in [-0.2, 0) is 4.79 Å². The third-order valence-corrected chi connectivity index (χ3v) is 3.24. The molecule has 2 aromatic carbocycles. The van der Waals surface area contributed by atoms with Gasteiger partial charge in [0.05, 0.1) is 10.7 Å². The maximum Gasteiger partial charge on any atom is 0.339 e. The average molecular weight is 305 g/mol. The molecule has 21 heavy (non-hydrogen) atoms. The molecule has 0 unspecified atom stereocenters. The molecule has 0 aromatic heterocycles. The first-order valence-electron chi connectivity index (χ1n) is 6.14. The Labute approximate surface area is 126 Å². The molecule has 0 spiro atoms. The molecule has 108 valence electrons. The van der Waals surface area contributed by atoms with Gasteiger partial charge in [-0.25, -0.2) is 4.79 Å². The lowest BCUT2D eigenvalue weighted by Gasteiger charge is -2.14. The fraction of sp³-hybridized carbons (Fsp3) is 0.0667. The van der Waals surface area contributed by atoms with Gasteiger partial charge in [-0.2, -0.15) is 0 Å². The van der Waals surface area contributed by atoms with E-state index in [1.54, 1.807) is 30.3 Å². The minimum atomic E-state index is -1.22.